The van der Waals surface area contributed by atoms with Gasteiger partial charge in [0.25, 0.3) is 0 Å². The van der Waals surface area contributed by atoms with Crippen LogP contribution in [0.1, 0.15) is 19.8 Å². The van der Waals surface area contributed by atoms with Gasteiger partial charge >= 0.3 is 0 Å². The number of aliphatic hydroxyl groups is 1. The summed E-state index contributed by atoms with van der Waals surface area (Å²) in [6.07, 6.45) is 1.19. The molecule has 0 radical (unpaired) electrons. The molecule has 1 heterocycles. The van der Waals surface area contributed by atoms with Gasteiger partial charge in [0, 0.05) is 6.54 Å². The van der Waals surface area contributed by atoms with E-state index in [0.29, 0.717) is 18.2 Å². The SMILES string of the molecule is CC1CCN(C(=O)CCOc2ccc(F)cc2)C1CO. The van der Waals surface area contributed by atoms with Crippen molar-refractivity contribution in [3.05, 3.63) is 30.1 Å². The molecule has 1 aliphatic rings. The second kappa shape index (κ2) is 6.70. The monoisotopic (exact) mass is 281 g/mol. The molecule has 0 aromatic heterocycles. The lowest BCUT2D eigenvalue weighted by atomic mass is 10.0. The predicted octanol–water partition coefficient (Wildman–Crippen LogP) is 1.82. The minimum absolute atomic E-state index is 0.00416. The van der Waals surface area contributed by atoms with Gasteiger partial charge in [0.1, 0.15) is 11.6 Å². The van der Waals surface area contributed by atoms with E-state index < -0.39 is 0 Å². The fraction of sp³-hybridized carbons (Fsp3) is 0.533. The highest BCUT2D eigenvalue weighted by atomic mass is 19.1. The van der Waals surface area contributed by atoms with E-state index in [1.165, 1.54) is 24.3 Å². The third kappa shape index (κ3) is 3.48. The summed E-state index contributed by atoms with van der Waals surface area (Å²) in [6, 6.07) is 5.64. The number of carbonyl (C=O) groups excluding carboxylic acids is 1. The quantitative estimate of drug-likeness (QED) is 0.895. The Bertz CT molecular complexity index is 449. The number of aliphatic hydroxyl groups excluding tert-OH is 1. The van der Waals surface area contributed by atoms with E-state index >= 15 is 0 Å². The van der Waals surface area contributed by atoms with E-state index in [-0.39, 0.29) is 37.4 Å². The summed E-state index contributed by atoms with van der Waals surface area (Å²) in [5, 5.41) is 9.32. The van der Waals surface area contributed by atoms with Crippen molar-refractivity contribution >= 4 is 5.91 Å². The maximum Gasteiger partial charge on any atom is 0.226 e. The van der Waals surface area contributed by atoms with E-state index in [2.05, 4.69) is 0 Å². The first-order valence-corrected chi connectivity index (χ1v) is 6.90. The maximum absolute atomic E-state index is 12.7. The number of carbonyl (C=O) groups is 1. The van der Waals surface area contributed by atoms with Crippen LogP contribution in [0.25, 0.3) is 0 Å². The van der Waals surface area contributed by atoms with Crippen LogP contribution in [0.15, 0.2) is 24.3 Å². The fourth-order valence-corrected chi connectivity index (χ4v) is 2.53. The Morgan fingerprint density at radius 3 is 2.80 bits per heavy atom. The minimum Gasteiger partial charge on any atom is -0.493 e. The molecule has 5 heteroatoms. The van der Waals surface area contributed by atoms with Gasteiger partial charge in [-0.1, -0.05) is 6.92 Å². The summed E-state index contributed by atoms with van der Waals surface area (Å²) in [5.74, 6) is 0.565. The summed E-state index contributed by atoms with van der Waals surface area (Å²) in [4.78, 5) is 13.8. The van der Waals surface area contributed by atoms with Gasteiger partial charge in [-0.15, -0.1) is 0 Å². The van der Waals surface area contributed by atoms with Crippen molar-refractivity contribution in [3.8, 4) is 5.75 Å². The number of nitrogens with zero attached hydrogens (tertiary/aromatic N) is 1. The molecular weight excluding hydrogens is 261 g/mol. The van der Waals surface area contributed by atoms with Crippen molar-refractivity contribution in [2.24, 2.45) is 5.92 Å². The standard InChI is InChI=1S/C15H20FNO3/c1-11-6-8-17(14(11)10-18)15(19)7-9-20-13-4-2-12(16)3-5-13/h2-5,11,14,18H,6-10H2,1H3. The molecule has 1 aliphatic heterocycles. The zero-order valence-corrected chi connectivity index (χ0v) is 11.6. The van der Waals surface area contributed by atoms with E-state index in [9.17, 15) is 14.3 Å². The lowest BCUT2D eigenvalue weighted by Crippen LogP contribution is -2.40. The Balaban J connectivity index is 1.79. The van der Waals surface area contributed by atoms with Crippen LogP contribution in [-0.2, 0) is 4.79 Å². The van der Waals surface area contributed by atoms with Crippen LogP contribution in [0.2, 0.25) is 0 Å². The van der Waals surface area contributed by atoms with Gasteiger partial charge in [-0.05, 0) is 36.6 Å². The normalized spacial score (nSPS) is 22.1. The highest BCUT2D eigenvalue weighted by Gasteiger charge is 2.33. The first kappa shape index (κ1) is 14.8. The summed E-state index contributed by atoms with van der Waals surface area (Å²) in [6.45, 7) is 3.00. The molecule has 1 N–H and O–H groups in total. The topological polar surface area (TPSA) is 49.8 Å². The second-order valence-electron chi connectivity index (χ2n) is 5.16. The van der Waals surface area contributed by atoms with Crippen LogP contribution in [0.3, 0.4) is 0 Å². The lowest BCUT2D eigenvalue weighted by molar-refractivity contribution is -0.133. The summed E-state index contributed by atoms with van der Waals surface area (Å²) >= 11 is 0. The van der Waals surface area contributed by atoms with Crippen molar-refractivity contribution in [2.45, 2.75) is 25.8 Å². The largest absolute Gasteiger partial charge is 0.493 e. The number of rotatable bonds is 5. The van der Waals surface area contributed by atoms with Gasteiger partial charge in [-0.25, -0.2) is 4.39 Å². The molecule has 2 unspecified atom stereocenters. The van der Waals surface area contributed by atoms with Crippen LogP contribution < -0.4 is 4.74 Å². The molecule has 0 aliphatic carbocycles. The molecule has 1 amide bonds. The minimum atomic E-state index is -0.315. The average molecular weight is 281 g/mol. The molecule has 1 aromatic rings. The maximum atomic E-state index is 12.7. The number of hydrogen-bond acceptors (Lipinski definition) is 3. The number of likely N-dealkylation sites (tertiary alicyclic amines) is 1. The summed E-state index contributed by atoms with van der Waals surface area (Å²) < 4.78 is 18.1. The van der Waals surface area contributed by atoms with Crippen molar-refractivity contribution in [1.82, 2.24) is 4.90 Å². The number of benzene rings is 1. The molecule has 20 heavy (non-hydrogen) atoms. The molecule has 0 saturated carbocycles. The Morgan fingerprint density at radius 1 is 1.45 bits per heavy atom. The van der Waals surface area contributed by atoms with E-state index in [1.54, 1.807) is 4.90 Å². The van der Waals surface area contributed by atoms with Crippen LogP contribution in [-0.4, -0.2) is 41.7 Å². The highest BCUT2D eigenvalue weighted by molar-refractivity contribution is 5.77. The van der Waals surface area contributed by atoms with Crippen LogP contribution in [0, 0.1) is 11.7 Å². The smallest absolute Gasteiger partial charge is 0.226 e. The number of halogens is 1. The first-order chi connectivity index (χ1) is 9.61. The molecule has 2 atom stereocenters. The van der Waals surface area contributed by atoms with Crippen molar-refractivity contribution in [2.75, 3.05) is 19.8 Å². The van der Waals surface area contributed by atoms with Gasteiger partial charge in [-0.2, -0.15) is 0 Å². The second-order valence-corrected chi connectivity index (χ2v) is 5.16. The number of hydrogen-bond donors (Lipinski definition) is 1. The molecule has 1 aromatic carbocycles. The van der Waals surface area contributed by atoms with E-state index in [4.69, 9.17) is 4.74 Å². The van der Waals surface area contributed by atoms with E-state index in [1.807, 2.05) is 6.92 Å². The fourth-order valence-electron chi connectivity index (χ4n) is 2.53. The molecule has 1 fully saturated rings. The molecule has 4 nitrogen and oxygen atoms in total. The first-order valence-electron chi connectivity index (χ1n) is 6.90. The average Bonchev–Trinajstić information content (AvgIpc) is 2.82. The molecule has 110 valence electrons. The van der Waals surface area contributed by atoms with Gasteiger partial charge in [0.05, 0.1) is 25.7 Å². The Labute approximate surface area is 118 Å². The van der Waals surface area contributed by atoms with Gasteiger partial charge < -0.3 is 14.7 Å². The molecular formula is C15H20FNO3. The number of ether oxygens (including phenoxy) is 1. The van der Waals surface area contributed by atoms with Gasteiger partial charge in [0.2, 0.25) is 5.91 Å². The lowest BCUT2D eigenvalue weighted by Gasteiger charge is -2.25. The van der Waals surface area contributed by atoms with Gasteiger partial charge in [-0.3, -0.25) is 4.79 Å². The molecule has 2 rings (SSSR count). The Hall–Kier alpha value is -1.62. The Kier molecular flexibility index (Phi) is 4.95. The molecule has 0 spiro atoms. The van der Waals surface area contributed by atoms with E-state index in [0.717, 1.165) is 6.42 Å². The van der Waals surface area contributed by atoms with Crippen molar-refractivity contribution in [1.29, 1.82) is 0 Å². The Morgan fingerprint density at radius 2 is 2.15 bits per heavy atom. The zero-order chi connectivity index (χ0) is 14.5. The van der Waals surface area contributed by atoms with Crippen molar-refractivity contribution in [3.63, 3.8) is 0 Å². The third-order valence-corrected chi connectivity index (χ3v) is 3.79. The van der Waals surface area contributed by atoms with Crippen LogP contribution in [0.5, 0.6) is 5.75 Å². The molecule has 0 bridgehead atoms. The van der Waals surface area contributed by atoms with Crippen LogP contribution in [0.4, 0.5) is 4.39 Å². The zero-order valence-electron chi connectivity index (χ0n) is 11.6. The predicted molar refractivity (Wildman–Crippen MR) is 72.9 cm³/mol. The third-order valence-electron chi connectivity index (χ3n) is 3.79. The summed E-state index contributed by atoms with van der Waals surface area (Å²) in [5.41, 5.74) is 0. The molecule has 1 saturated heterocycles. The number of amides is 1. The van der Waals surface area contributed by atoms with Gasteiger partial charge in [0.15, 0.2) is 0 Å². The van der Waals surface area contributed by atoms with Crippen molar-refractivity contribution < 1.29 is 19.0 Å². The van der Waals surface area contributed by atoms with Crippen LogP contribution >= 0.6 is 0 Å². The highest BCUT2D eigenvalue weighted by Crippen LogP contribution is 2.24. The summed E-state index contributed by atoms with van der Waals surface area (Å²) in [7, 11) is 0.